The molecule has 0 fully saturated rings. The van der Waals surface area contributed by atoms with Crippen LogP contribution in [0.4, 0.5) is 0 Å². The van der Waals surface area contributed by atoms with Crippen molar-refractivity contribution in [3.63, 3.8) is 0 Å². The van der Waals surface area contributed by atoms with Gasteiger partial charge in [0.15, 0.2) is 0 Å². The van der Waals surface area contributed by atoms with Crippen molar-refractivity contribution in [2.24, 2.45) is 0 Å². The monoisotopic (exact) mass is 276 g/mol. The summed E-state index contributed by atoms with van der Waals surface area (Å²) in [7, 11) is 0. The fourth-order valence-corrected chi connectivity index (χ4v) is 3.03. The summed E-state index contributed by atoms with van der Waals surface area (Å²) in [4.78, 5) is 3.59. The molecule has 0 saturated heterocycles. The van der Waals surface area contributed by atoms with Gasteiger partial charge in [0.2, 0.25) is 0 Å². The van der Waals surface area contributed by atoms with Crippen molar-refractivity contribution in [1.29, 1.82) is 0 Å². The number of hydrogen-bond acceptors (Lipinski definition) is 3. The van der Waals surface area contributed by atoms with E-state index in [1.165, 1.54) is 15.4 Å². The maximum atomic E-state index is 9.39. The topological polar surface area (TPSA) is 20.2 Å². The molecule has 0 bridgehead atoms. The van der Waals surface area contributed by atoms with Gasteiger partial charge in [-0.15, -0.1) is 11.8 Å². The van der Waals surface area contributed by atoms with Gasteiger partial charge in [-0.1, -0.05) is 29.5 Å². The summed E-state index contributed by atoms with van der Waals surface area (Å²) in [6.07, 6.45) is 2.08. The molecule has 1 N–H and O–H groups in total. The highest BCUT2D eigenvalue weighted by molar-refractivity contribution is 7.99. The van der Waals surface area contributed by atoms with Gasteiger partial charge in [0.1, 0.15) is 0 Å². The molecule has 2 aromatic carbocycles. The van der Waals surface area contributed by atoms with Gasteiger partial charge in [0.25, 0.3) is 0 Å². The van der Waals surface area contributed by atoms with Crippen LogP contribution in [-0.2, 0) is 6.61 Å². The van der Waals surface area contributed by atoms with Crippen LogP contribution in [0.25, 0.3) is 0 Å². The smallest absolute Gasteiger partial charge is 0.0692 e. The lowest BCUT2D eigenvalue weighted by atomic mass is 10.1. The Morgan fingerprint density at radius 1 is 1.00 bits per heavy atom. The van der Waals surface area contributed by atoms with Crippen molar-refractivity contribution in [2.75, 3.05) is 6.26 Å². The van der Waals surface area contributed by atoms with E-state index in [4.69, 9.17) is 0 Å². The van der Waals surface area contributed by atoms with E-state index in [0.29, 0.717) is 0 Å². The zero-order chi connectivity index (χ0) is 13.0. The molecule has 0 atom stereocenters. The summed E-state index contributed by atoms with van der Waals surface area (Å²) in [6, 6.07) is 14.7. The highest BCUT2D eigenvalue weighted by Crippen LogP contribution is 2.32. The summed E-state index contributed by atoms with van der Waals surface area (Å²) in [5, 5.41) is 9.39. The standard InChI is InChI=1S/C15H16OS2/c1-11-3-8-15(12(9-11)10-16)18-14-6-4-13(17-2)5-7-14/h3-9,16H,10H2,1-2H3. The zero-order valence-electron chi connectivity index (χ0n) is 10.5. The number of aliphatic hydroxyl groups is 1. The molecule has 18 heavy (non-hydrogen) atoms. The Balaban J connectivity index is 2.22. The number of hydrogen-bond donors (Lipinski definition) is 1. The fraction of sp³-hybridized carbons (Fsp3) is 0.200. The second-order valence-electron chi connectivity index (χ2n) is 4.05. The highest BCUT2D eigenvalue weighted by atomic mass is 32.2. The normalized spacial score (nSPS) is 10.6. The van der Waals surface area contributed by atoms with Crippen molar-refractivity contribution < 1.29 is 5.11 Å². The van der Waals surface area contributed by atoms with E-state index >= 15 is 0 Å². The lowest BCUT2D eigenvalue weighted by Gasteiger charge is -2.08. The number of thioether (sulfide) groups is 1. The Morgan fingerprint density at radius 2 is 1.67 bits per heavy atom. The quantitative estimate of drug-likeness (QED) is 0.838. The molecule has 0 saturated carbocycles. The molecule has 0 aliphatic heterocycles. The highest BCUT2D eigenvalue weighted by Gasteiger charge is 2.04. The largest absolute Gasteiger partial charge is 0.392 e. The van der Waals surface area contributed by atoms with E-state index < -0.39 is 0 Å². The first-order valence-electron chi connectivity index (χ1n) is 5.75. The summed E-state index contributed by atoms with van der Waals surface area (Å²) in [5.41, 5.74) is 2.18. The van der Waals surface area contributed by atoms with Crippen LogP contribution >= 0.6 is 23.5 Å². The Bertz CT molecular complexity index is 521. The predicted molar refractivity (Wildman–Crippen MR) is 79.4 cm³/mol. The third-order valence-corrected chi connectivity index (χ3v) is 4.54. The first-order chi connectivity index (χ1) is 8.72. The number of aliphatic hydroxyl groups excluding tert-OH is 1. The Hall–Kier alpha value is -0.900. The minimum Gasteiger partial charge on any atom is -0.392 e. The minimum atomic E-state index is 0.0902. The molecule has 0 aromatic heterocycles. The second-order valence-corrected chi connectivity index (χ2v) is 6.04. The molecule has 0 aliphatic carbocycles. The van der Waals surface area contributed by atoms with Crippen molar-refractivity contribution in [3.05, 3.63) is 53.6 Å². The molecule has 2 rings (SSSR count). The van der Waals surface area contributed by atoms with Gasteiger partial charge in [-0.2, -0.15) is 0 Å². The van der Waals surface area contributed by atoms with E-state index in [-0.39, 0.29) is 6.61 Å². The van der Waals surface area contributed by atoms with Crippen molar-refractivity contribution in [1.82, 2.24) is 0 Å². The summed E-state index contributed by atoms with van der Waals surface area (Å²) >= 11 is 3.44. The first-order valence-corrected chi connectivity index (χ1v) is 7.79. The van der Waals surface area contributed by atoms with Gasteiger partial charge in [-0.05, 0) is 49.1 Å². The lowest BCUT2D eigenvalue weighted by molar-refractivity contribution is 0.279. The third kappa shape index (κ3) is 3.31. The van der Waals surface area contributed by atoms with Crippen LogP contribution in [0.15, 0.2) is 57.2 Å². The predicted octanol–water partition coefficient (Wildman–Crippen LogP) is 4.36. The molecule has 0 amide bonds. The molecule has 0 radical (unpaired) electrons. The van der Waals surface area contributed by atoms with Gasteiger partial charge in [0.05, 0.1) is 6.61 Å². The molecule has 2 aromatic rings. The van der Waals surface area contributed by atoms with Crippen molar-refractivity contribution in [3.8, 4) is 0 Å². The number of rotatable bonds is 4. The summed E-state index contributed by atoms with van der Waals surface area (Å²) in [5.74, 6) is 0. The zero-order valence-corrected chi connectivity index (χ0v) is 12.1. The van der Waals surface area contributed by atoms with Crippen LogP contribution in [0.2, 0.25) is 0 Å². The van der Waals surface area contributed by atoms with E-state index in [1.54, 1.807) is 23.5 Å². The maximum Gasteiger partial charge on any atom is 0.0692 e. The van der Waals surface area contributed by atoms with Crippen LogP contribution in [-0.4, -0.2) is 11.4 Å². The molecular formula is C15H16OS2. The fourth-order valence-electron chi connectivity index (χ4n) is 1.70. The molecule has 1 nitrogen and oxygen atoms in total. The molecule has 3 heteroatoms. The summed E-state index contributed by atoms with van der Waals surface area (Å²) < 4.78 is 0. The van der Waals surface area contributed by atoms with Crippen LogP contribution in [0.5, 0.6) is 0 Å². The van der Waals surface area contributed by atoms with Crippen LogP contribution in [0.1, 0.15) is 11.1 Å². The lowest BCUT2D eigenvalue weighted by Crippen LogP contribution is -1.88. The molecular weight excluding hydrogens is 260 g/mol. The Morgan fingerprint density at radius 3 is 2.28 bits per heavy atom. The van der Waals surface area contributed by atoms with Crippen LogP contribution < -0.4 is 0 Å². The first kappa shape index (κ1) is 13.5. The van der Waals surface area contributed by atoms with Crippen molar-refractivity contribution >= 4 is 23.5 Å². The Labute approximate surface area is 117 Å². The molecule has 0 unspecified atom stereocenters. The minimum absolute atomic E-state index is 0.0902. The SMILES string of the molecule is CSc1ccc(Sc2ccc(C)cc2CO)cc1. The number of aryl methyl sites for hydroxylation is 1. The molecule has 0 heterocycles. The van der Waals surface area contributed by atoms with Crippen LogP contribution in [0.3, 0.4) is 0 Å². The maximum absolute atomic E-state index is 9.39. The third-order valence-electron chi connectivity index (χ3n) is 2.67. The molecule has 94 valence electrons. The summed E-state index contributed by atoms with van der Waals surface area (Å²) in [6.45, 7) is 2.13. The van der Waals surface area contributed by atoms with E-state index in [2.05, 4.69) is 42.7 Å². The van der Waals surface area contributed by atoms with Crippen LogP contribution in [0, 0.1) is 6.92 Å². The van der Waals surface area contributed by atoms with E-state index in [0.717, 1.165) is 10.5 Å². The number of benzene rings is 2. The van der Waals surface area contributed by atoms with Gasteiger partial charge in [0, 0.05) is 14.7 Å². The average Bonchev–Trinajstić information content (AvgIpc) is 2.41. The average molecular weight is 276 g/mol. The molecule has 0 aliphatic rings. The Kier molecular flexibility index (Phi) is 4.75. The van der Waals surface area contributed by atoms with Gasteiger partial charge < -0.3 is 5.11 Å². The van der Waals surface area contributed by atoms with E-state index in [9.17, 15) is 5.11 Å². The van der Waals surface area contributed by atoms with Crippen molar-refractivity contribution in [2.45, 2.75) is 28.2 Å². The van der Waals surface area contributed by atoms with E-state index in [1.807, 2.05) is 13.0 Å². The van der Waals surface area contributed by atoms with Gasteiger partial charge >= 0.3 is 0 Å². The van der Waals surface area contributed by atoms with Gasteiger partial charge in [-0.3, -0.25) is 0 Å². The second kappa shape index (κ2) is 6.32. The molecule has 0 spiro atoms. The van der Waals surface area contributed by atoms with Gasteiger partial charge in [-0.25, -0.2) is 0 Å².